The van der Waals surface area contributed by atoms with Crippen LogP contribution in [0.25, 0.3) is 0 Å². The molecule has 4 heteroatoms. The lowest BCUT2D eigenvalue weighted by Gasteiger charge is -2.29. The molecule has 1 N–H and O–H groups in total. The molecular weight excluding hydrogens is 212 g/mol. The number of anilines is 1. The largest absolute Gasteiger partial charge is 0.367 e. The van der Waals surface area contributed by atoms with Crippen molar-refractivity contribution in [2.24, 2.45) is 0 Å². The maximum Gasteiger partial charge on any atom is 0.129 e. The highest BCUT2D eigenvalue weighted by Gasteiger charge is 2.16. The van der Waals surface area contributed by atoms with Gasteiger partial charge in [0.2, 0.25) is 0 Å². The summed E-state index contributed by atoms with van der Waals surface area (Å²) in [6, 6.07) is 2.65. The van der Waals surface area contributed by atoms with Crippen LogP contribution in [0.5, 0.6) is 0 Å². The first-order chi connectivity index (χ1) is 8.28. The van der Waals surface area contributed by atoms with Crippen LogP contribution in [0.4, 0.5) is 5.82 Å². The van der Waals surface area contributed by atoms with E-state index in [-0.39, 0.29) is 0 Å². The van der Waals surface area contributed by atoms with Crippen molar-refractivity contribution in [1.82, 2.24) is 14.9 Å². The molecule has 0 aromatic carbocycles. The monoisotopic (exact) mass is 234 g/mol. The predicted molar refractivity (Wildman–Crippen MR) is 70.2 cm³/mol. The minimum absolute atomic E-state index is 0.565. The van der Waals surface area contributed by atoms with Crippen molar-refractivity contribution in [3.05, 3.63) is 18.1 Å². The quantitative estimate of drug-likeness (QED) is 0.864. The van der Waals surface area contributed by atoms with Gasteiger partial charge in [0.05, 0.1) is 0 Å². The first kappa shape index (κ1) is 12.3. The van der Waals surface area contributed by atoms with Crippen LogP contribution in [-0.2, 0) is 6.42 Å². The Morgan fingerprint density at radius 1 is 1.35 bits per heavy atom. The van der Waals surface area contributed by atoms with Crippen LogP contribution in [-0.4, -0.2) is 41.0 Å². The summed E-state index contributed by atoms with van der Waals surface area (Å²) in [6.07, 6.45) is 6.23. The van der Waals surface area contributed by atoms with Crippen molar-refractivity contribution < 1.29 is 0 Å². The van der Waals surface area contributed by atoms with Gasteiger partial charge >= 0.3 is 0 Å². The van der Waals surface area contributed by atoms with Gasteiger partial charge in [-0.25, -0.2) is 9.97 Å². The van der Waals surface area contributed by atoms with Crippen LogP contribution >= 0.6 is 0 Å². The molecule has 1 fully saturated rings. The average molecular weight is 234 g/mol. The van der Waals surface area contributed by atoms with Gasteiger partial charge in [-0.2, -0.15) is 0 Å². The fourth-order valence-electron chi connectivity index (χ4n) is 2.23. The van der Waals surface area contributed by atoms with Gasteiger partial charge in [0, 0.05) is 17.8 Å². The summed E-state index contributed by atoms with van der Waals surface area (Å²) in [6.45, 7) is 4.52. The summed E-state index contributed by atoms with van der Waals surface area (Å²) in [5.74, 6) is 0.984. The molecule has 17 heavy (non-hydrogen) atoms. The Balaban J connectivity index is 1.91. The van der Waals surface area contributed by atoms with Gasteiger partial charge in [-0.05, 0) is 39.4 Å². The second-order valence-corrected chi connectivity index (χ2v) is 4.87. The highest BCUT2D eigenvalue weighted by molar-refractivity contribution is 5.36. The summed E-state index contributed by atoms with van der Waals surface area (Å²) in [5.41, 5.74) is 1.14. The van der Waals surface area contributed by atoms with Crippen LogP contribution in [0.2, 0.25) is 0 Å². The second kappa shape index (κ2) is 5.96. The fraction of sp³-hybridized carbons (Fsp3) is 0.692. The number of hydrogen-bond donors (Lipinski definition) is 1. The molecule has 0 unspecified atom stereocenters. The molecule has 0 spiro atoms. The zero-order valence-corrected chi connectivity index (χ0v) is 10.8. The molecule has 0 bridgehead atoms. The van der Waals surface area contributed by atoms with Gasteiger partial charge in [0.1, 0.15) is 12.1 Å². The number of hydrogen-bond acceptors (Lipinski definition) is 4. The Labute approximate surface area is 103 Å². The first-order valence-corrected chi connectivity index (χ1v) is 6.54. The summed E-state index contributed by atoms with van der Waals surface area (Å²) < 4.78 is 0. The molecular formula is C13H22N4. The molecule has 1 aromatic heterocycles. The molecule has 2 rings (SSSR count). The lowest BCUT2D eigenvalue weighted by molar-refractivity contribution is 0.263. The fourth-order valence-corrected chi connectivity index (χ4v) is 2.23. The van der Waals surface area contributed by atoms with Crippen LogP contribution in [0.15, 0.2) is 12.4 Å². The zero-order valence-electron chi connectivity index (χ0n) is 10.8. The van der Waals surface area contributed by atoms with Crippen LogP contribution in [0, 0.1) is 0 Å². The van der Waals surface area contributed by atoms with Crippen molar-refractivity contribution in [2.45, 2.75) is 38.6 Å². The molecule has 2 heterocycles. The second-order valence-electron chi connectivity index (χ2n) is 4.87. The maximum absolute atomic E-state index is 4.30. The maximum atomic E-state index is 4.30. The third-order valence-electron chi connectivity index (χ3n) is 3.30. The molecule has 94 valence electrons. The highest BCUT2D eigenvalue weighted by atomic mass is 15.1. The molecule has 1 aliphatic heterocycles. The third-order valence-corrected chi connectivity index (χ3v) is 3.30. The molecule has 1 aromatic rings. The number of rotatable bonds is 4. The van der Waals surface area contributed by atoms with Gasteiger partial charge in [0.25, 0.3) is 0 Å². The molecule has 0 radical (unpaired) electrons. The molecule has 0 atom stereocenters. The topological polar surface area (TPSA) is 41.0 Å². The van der Waals surface area contributed by atoms with Crippen LogP contribution in [0.3, 0.4) is 0 Å². The Kier molecular flexibility index (Phi) is 4.31. The van der Waals surface area contributed by atoms with E-state index in [0.29, 0.717) is 6.04 Å². The molecule has 4 nitrogen and oxygen atoms in total. The van der Waals surface area contributed by atoms with E-state index < -0.39 is 0 Å². The van der Waals surface area contributed by atoms with E-state index in [1.807, 2.05) is 0 Å². The van der Waals surface area contributed by atoms with E-state index in [4.69, 9.17) is 0 Å². The minimum Gasteiger partial charge on any atom is -0.367 e. The standard InChI is InChI=1S/C13H22N4/c1-3-4-12-9-13(15-10-14-12)16-11-5-7-17(2)8-6-11/h9-11H,3-8H2,1-2H3,(H,14,15,16). The zero-order chi connectivity index (χ0) is 12.1. The van der Waals surface area contributed by atoms with Gasteiger partial charge in [-0.15, -0.1) is 0 Å². The Bertz CT molecular complexity index is 345. The normalized spacial score (nSPS) is 18.2. The van der Waals surface area contributed by atoms with Crippen molar-refractivity contribution in [3.63, 3.8) is 0 Å². The Morgan fingerprint density at radius 2 is 2.12 bits per heavy atom. The first-order valence-electron chi connectivity index (χ1n) is 6.54. The van der Waals surface area contributed by atoms with Crippen molar-refractivity contribution in [1.29, 1.82) is 0 Å². The molecule has 0 saturated carbocycles. The molecule has 0 amide bonds. The van der Waals surface area contributed by atoms with E-state index in [1.165, 1.54) is 25.9 Å². The summed E-state index contributed by atoms with van der Waals surface area (Å²) in [4.78, 5) is 10.9. The number of piperidine rings is 1. The lowest BCUT2D eigenvalue weighted by Crippen LogP contribution is -2.36. The number of nitrogens with zero attached hydrogens (tertiary/aromatic N) is 3. The predicted octanol–water partition coefficient (Wildman–Crippen LogP) is 1.94. The van der Waals surface area contributed by atoms with Gasteiger partial charge in [-0.1, -0.05) is 13.3 Å². The minimum atomic E-state index is 0.565. The summed E-state index contributed by atoms with van der Waals surface area (Å²) >= 11 is 0. The van der Waals surface area contributed by atoms with Gasteiger partial charge in [0.15, 0.2) is 0 Å². The number of nitrogens with one attached hydrogen (secondary N) is 1. The van der Waals surface area contributed by atoms with E-state index in [9.17, 15) is 0 Å². The van der Waals surface area contributed by atoms with E-state index >= 15 is 0 Å². The average Bonchev–Trinajstić information content (AvgIpc) is 2.33. The lowest BCUT2D eigenvalue weighted by atomic mass is 10.1. The van der Waals surface area contributed by atoms with Crippen molar-refractivity contribution in [3.8, 4) is 0 Å². The third kappa shape index (κ3) is 3.66. The summed E-state index contributed by atoms with van der Waals surface area (Å²) in [5, 5.41) is 3.52. The smallest absolute Gasteiger partial charge is 0.129 e. The van der Waals surface area contributed by atoms with E-state index in [0.717, 1.165) is 24.4 Å². The van der Waals surface area contributed by atoms with Gasteiger partial charge < -0.3 is 10.2 Å². The Morgan fingerprint density at radius 3 is 2.82 bits per heavy atom. The van der Waals surface area contributed by atoms with Gasteiger partial charge in [-0.3, -0.25) is 0 Å². The van der Waals surface area contributed by atoms with Crippen LogP contribution < -0.4 is 5.32 Å². The molecule has 0 aliphatic carbocycles. The Hall–Kier alpha value is -1.16. The van der Waals surface area contributed by atoms with Crippen LogP contribution in [0.1, 0.15) is 31.9 Å². The molecule has 1 aliphatic rings. The SMILES string of the molecule is CCCc1cc(NC2CCN(C)CC2)ncn1. The van der Waals surface area contributed by atoms with E-state index in [1.54, 1.807) is 6.33 Å². The number of likely N-dealkylation sites (tertiary alicyclic amines) is 1. The summed E-state index contributed by atoms with van der Waals surface area (Å²) in [7, 11) is 2.18. The highest BCUT2D eigenvalue weighted by Crippen LogP contribution is 2.14. The van der Waals surface area contributed by atoms with Crippen molar-refractivity contribution in [2.75, 3.05) is 25.5 Å². The number of aromatic nitrogens is 2. The van der Waals surface area contributed by atoms with Crippen molar-refractivity contribution >= 4 is 5.82 Å². The molecule has 1 saturated heterocycles. The number of aryl methyl sites for hydroxylation is 1. The van der Waals surface area contributed by atoms with E-state index in [2.05, 4.69) is 40.2 Å².